The molecular formula is C22H17BrN2O4S. The molecule has 0 bridgehead atoms. The molecule has 3 aromatic carbocycles. The highest BCUT2D eigenvalue weighted by molar-refractivity contribution is 9.10. The molecule has 0 saturated carbocycles. The predicted octanol–water partition coefficient (Wildman–Crippen LogP) is 5.58. The molecule has 8 heteroatoms. The van der Waals surface area contributed by atoms with Crippen molar-refractivity contribution in [1.82, 2.24) is 4.98 Å². The van der Waals surface area contributed by atoms with E-state index >= 15 is 0 Å². The molecule has 0 fully saturated rings. The number of halogens is 1. The third kappa shape index (κ3) is 4.39. The number of anilines is 1. The van der Waals surface area contributed by atoms with Gasteiger partial charge in [-0.05, 0) is 54.6 Å². The molecule has 0 amide bonds. The van der Waals surface area contributed by atoms with Crippen LogP contribution in [0.1, 0.15) is 0 Å². The minimum Gasteiger partial charge on any atom is -0.497 e. The average molecular weight is 485 g/mol. The Morgan fingerprint density at radius 2 is 1.70 bits per heavy atom. The summed E-state index contributed by atoms with van der Waals surface area (Å²) in [6, 6.07) is 20.8. The summed E-state index contributed by atoms with van der Waals surface area (Å²) in [5.74, 6) is 0.983. The van der Waals surface area contributed by atoms with Crippen molar-refractivity contribution in [3.63, 3.8) is 0 Å². The van der Waals surface area contributed by atoms with Crippen molar-refractivity contribution >= 4 is 31.6 Å². The van der Waals surface area contributed by atoms with Gasteiger partial charge >= 0.3 is 0 Å². The van der Waals surface area contributed by atoms with Gasteiger partial charge in [0, 0.05) is 21.3 Å². The zero-order chi connectivity index (χ0) is 21.1. The van der Waals surface area contributed by atoms with Crippen LogP contribution < -0.4 is 9.46 Å². The van der Waals surface area contributed by atoms with Gasteiger partial charge < -0.3 is 9.15 Å². The van der Waals surface area contributed by atoms with Gasteiger partial charge in [0.25, 0.3) is 10.0 Å². The van der Waals surface area contributed by atoms with E-state index in [1.54, 1.807) is 36.6 Å². The Hall–Kier alpha value is -3.10. The quantitative estimate of drug-likeness (QED) is 0.386. The topological polar surface area (TPSA) is 81.4 Å². The van der Waals surface area contributed by atoms with Crippen molar-refractivity contribution in [3.8, 4) is 28.5 Å². The maximum atomic E-state index is 12.7. The minimum atomic E-state index is -3.74. The summed E-state index contributed by atoms with van der Waals surface area (Å²) >= 11 is 3.45. The number of aromatic nitrogens is 1. The van der Waals surface area contributed by atoms with E-state index in [0.717, 1.165) is 10.0 Å². The first-order valence-electron chi connectivity index (χ1n) is 8.93. The van der Waals surface area contributed by atoms with Crippen LogP contribution in [0, 0.1) is 0 Å². The Labute approximate surface area is 182 Å². The normalized spacial score (nSPS) is 11.3. The van der Waals surface area contributed by atoms with Crippen molar-refractivity contribution in [3.05, 3.63) is 83.5 Å². The fourth-order valence-electron chi connectivity index (χ4n) is 2.87. The molecule has 0 aliphatic rings. The van der Waals surface area contributed by atoms with E-state index in [0.29, 0.717) is 28.6 Å². The van der Waals surface area contributed by atoms with Crippen LogP contribution in [0.4, 0.5) is 5.69 Å². The molecule has 6 nitrogen and oxygen atoms in total. The smallest absolute Gasteiger partial charge is 0.261 e. The number of methoxy groups -OCH3 is 1. The number of hydrogen-bond acceptors (Lipinski definition) is 5. The molecule has 0 aliphatic carbocycles. The van der Waals surface area contributed by atoms with E-state index in [9.17, 15) is 8.42 Å². The Balaban J connectivity index is 1.58. The molecule has 0 radical (unpaired) electrons. The summed E-state index contributed by atoms with van der Waals surface area (Å²) in [5, 5.41) is 0. The molecule has 4 aromatic rings. The zero-order valence-corrected chi connectivity index (χ0v) is 18.3. The van der Waals surface area contributed by atoms with Crippen molar-refractivity contribution < 1.29 is 17.6 Å². The second kappa shape index (κ2) is 8.33. The summed E-state index contributed by atoms with van der Waals surface area (Å²) in [5.41, 5.74) is 2.67. The average Bonchev–Trinajstić information content (AvgIpc) is 3.24. The molecule has 0 unspecified atom stereocenters. The lowest BCUT2D eigenvalue weighted by atomic mass is 10.2. The predicted molar refractivity (Wildman–Crippen MR) is 119 cm³/mol. The molecule has 0 spiro atoms. The van der Waals surface area contributed by atoms with Crippen molar-refractivity contribution in [2.75, 3.05) is 11.8 Å². The molecule has 4 rings (SSSR count). The number of nitrogens with zero attached hydrogens (tertiary/aromatic N) is 1. The van der Waals surface area contributed by atoms with Gasteiger partial charge in [0.05, 0.1) is 12.0 Å². The number of hydrogen-bond donors (Lipinski definition) is 1. The van der Waals surface area contributed by atoms with Crippen LogP contribution >= 0.6 is 15.9 Å². The Morgan fingerprint density at radius 1 is 0.967 bits per heavy atom. The molecule has 1 N–H and O–H groups in total. The molecule has 1 heterocycles. The maximum absolute atomic E-state index is 12.7. The van der Waals surface area contributed by atoms with Crippen LogP contribution in [0.3, 0.4) is 0 Å². The molecule has 0 aliphatic heterocycles. The van der Waals surface area contributed by atoms with Gasteiger partial charge in [-0.2, -0.15) is 0 Å². The van der Waals surface area contributed by atoms with Crippen LogP contribution in [0.15, 0.2) is 92.8 Å². The number of sulfonamides is 1. The Bertz CT molecular complexity index is 1280. The number of benzene rings is 3. The Kier molecular flexibility index (Phi) is 5.61. The fraction of sp³-hybridized carbons (Fsp3) is 0.0455. The third-order valence-electron chi connectivity index (χ3n) is 4.36. The van der Waals surface area contributed by atoms with Gasteiger partial charge in [0.1, 0.15) is 17.7 Å². The van der Waals surface area contributed by atoms with Gasteiger partial charge in [-0.25, -0.2) is 13.4 Å². The van der Waals surface area contributed by atoms with Gasteiger partial charge in [-0.15, -0.1) is 0 Å². The number of rotatable bonds is 6. The SMILES string of the molecule is COc1ccc(S(=O)(=O)Nc2cccc(-c3nc(-c4cccc(Br)c4)co3)c2)cc1. The monoisotopic (exact) mass is 484 g/mol. The van der Waals surface area contributed by atoms with E-state index in [4.69, 9.17) is 9.15 Å². The number of nitrogens with one attached hydrogen (secondary N) is 1. The third-order valence-corrected chi connectivity index (χ3v) is 6.25. The summed E-state index contributed by atoms with van der Waals surface area (Å²) in [6.45, 7) is 0. The molecule has 1 aromatic heterocycles. The van der Waals surface area contributed by atoms with Crippen LogP contribution in [0.2, 0.25) is 0 Å². The highest BCUT2D eigenvalue weighted by Gasteiger charge is 2.15. The second-order valence-corrected chi connectivity index (χ2v) is 9.01. The van der Waals surface area contributed by atoms with E-state index in [1.165, 1.54) is 19.2 Å². The Morgan fingerprint density at radius 3 is 2.43 bits per heavy atom. The first-order chi connectivity index (χ1) is 14.4. The van der Waals surface area contributed by atoms with Gasteiger partial charge in [-0.3, -0.25) is 4.72 Å². The summed E-state index contributed by atoms with van der Waals surface area (Å²) in [6.07, 6.45) is 1.57. The standard InChI is InChI=1S/C22H17BrN2O4S/c1-28-19-8-10-20(11-9-19)30(26,27)25-18-7-3-5-16(13-18)22-24-21(14-29-22)15-4-2-6-17(23)12-15/h2-14,25H,1H3. The molecule has 152 valence electrons. The lowest BCUT2D eigenvalue weighted by Gasteiger charge is -2.09. The lowest BCUT2D eigenvalue weighted by molar-refractivity contribution is 0.414. The summed E-state index contributed by atoms with van der Waals surface area (Å²) in [4.78, 5) is 4.67. The van der Waals surface area contributed by atoms with Crippen molar-refractivity contribution in [1.29, 1.82) is 0 Å². The van der Waals surface area contributed by atoms with Crippen LogP contribution in [-0.2, 0) is 10.0 Å². The van der Waals surface area contributed by atoms with Gasteiger partial charge in [0.15, 0.2) is 0 Å². The molecule has 0 atom stereocenters. The van der Waals surface area contributed by atoms with E-state index in [-0.39, 0.29) is 4.90 Å². The van der Waals surface area contributed by atoms with Gasteiger partial charge in [-0.1, -0.05) is 34.1 Å². The number of ether oxygens (including phenoxy) is 1. The van der Waals surface area contributed by atoms with E-state index < -0.39 is 10.0 Å². The highest BCUT2D eigenvalue weighted by Crippen LogP contribution is 2.28. The fourth-order valence-corrected chi connectivity index (χ4v) is 4.32. The summed E-state index contributed by atoms with van der Waals surface area (Å²) < 4.78 is 39.6. The maximum Gasteiger partial charge on any atom is 0.261 e. The van der Waals surface area contributed by atoms with E-state index in [2.05, 4.69) is 25.6 Å². The first kappa shape index (κ1) is 20.2. The molecule has 0 saturated heterocycles. The largest absolute Gasteiger partial charge is 0.497 e. The van der Waals surface area contributed by atoms with Crippen LogP contribution in [0.25, 0.3) is 22.7 Å². The first-order valence-corrected chi connectivity index (χ1v) is 11.2. The zero-order valence-electron chi connectivity index (χ0n) is 15.9. The van der Waals surface area contributed by atoms with Crippen molar-refractivity contribution in [2.24, 2.45) is 0 Å². The summed E-state index contributed by atoms with van der Waals surface area (Å²) in [7, 11) is -2.22. The van der Waals surface area contributed by atoms with Crippen molar-refractivity contribution in [2.45, 2.75) is 4.90 Å². The lowest BCUT2D eigenvalue weighted by Crippen LogP contribution is -2.12. The van der Waals surface area contributed by atoms with E-state index in [1.807, 2.05) is 30.3 Å². The molecule has 30 heavy (non-hydrogen) atoms. The van der Waals surface area contributed by atoms with Gasteiger partial charge in [0.2, 0.25) is 5.89 Å². The highest BCUT2D eigenvalue weighted by atomic mass is 79.9. The second-order valence-electron chi connectivity index (χ2n) is 6.41. The van der Waals surface area contributed by atoms with Crippen LogP contribution in [-0.4, -0.2) is 20.5 Å². The molecular weight excluding hydrogens is 468 g/mol. The minimum absolute atomic E-state index is 0.141. The van der Waals surface area contributed by atoms with Crippen LogP contribution in [0.5, 0.6) is 5.75 Å². The number of oxazole rings is 1.